The Labute approximate surface area is 192 Å². The molecule has 1 fully saturated rings. The van der Waals surface area contributed by atoms with Gasteiger partial charge >= 0.3 is 0 Å². The summed E-state index contributed by atoms with van der Waals surface area (Å²) in [7, 11) is 1.49. The molecule has 1 aliphatic rings. The van der Waals surface area contributed by atoms with Gasteiger partial charge in [-0.05, 0) is 48.0 Å². The lowest BCUT2D eigenvalue weighted by molar-refractivity contribution is -0.132. The molecule has 7 heteroatoms. The van der Waals surface area contributed by atoms with E-state index in [9.17, 15) is 14.7 Å². The van der Waals surface area contributed by atoms with Gasteiger partial charge in [-0.15, -0.1) is 0 Å². The van der Waals surface area contributed by atoms with Crippen LogP contribution in [0.15, 0.2) is 82.8 Å². The van der Waals surface area contributed by atoms with Gasteiger partial charge in [0.05, 0.1) is 23.7 Å². The molecule has 1 saturated heterocycles. The van der Waals surface area contributed by atoms with E-state index in [1.807, 2.05) is 30.3 Å². The fraction of sp³-hybridized carbons (Fsp3) is 0.0833. The summed E-state index contributed by atoms with van der Waals surface area (Å²) in [5.41, 5.74) is 1.56. The van der Waals surface area contributed by atoms with Gasteiger partial charge in [0.2, 0.25) is 0 Å². The van der Waals surface area contributed by atoms with Gasteiger partial charge < -0.3 is 9.84 Å². The van der Waals surface area contributed by atoms with Crippen LogP contribution in [0, 0.1) is 0 Å². The normalized spacial score (nSPS) is 17.8. The van der Waals surface area contributed by atoms with Crippen molar-refractivity contribution in [3.8, 4) is 5.75 Å². The predicted molar refractivity (Wildman–Crippen MR) is 123 cm³/mol. The number of para-hydroxylation sites is 1. The van der Waals surface area contributed by atoms with Crippen molar-refractivity contribution in [1.82, 2.24) is 0 Å². The fourth-order valence-electron chi connectivity index (χ4n) is 3.62. The molecular formula is C24H17BrClNO4. The van der Waals surface area contributed by atoms with Crippen molar-refractivity contribution in [2.45, 2.75) is 6.04 Å². The van der Waals surface area contributed by atoms with Crippen LogP contribution in [-0.2, 0) is 9.59 Å². The van der Waals surface area contributed by atoms with Gasteiger partial charge in [-0.25, -0.2) is 0 Å². The van der Waals surface area contributed by atoms with Gasteiger partial charge in [-0.2, -0.15) is 0 Å². The number of rotatable bonds is 4. The Morgan fingerprint density at radius 2 is 1.71 bits per heavy atom. The number of halogens is 2. The standard InChI is InChI=1S/C24H17BrClNO4/c1-31-19-12-9-15(13-18(19)26)22(28)20-21(14-7-10-16(25)11-8-14)27(24(30)23(20)29)17-5-3-2-4-6-17/h2-13,21,28H,1H3/b22-20-. The number of carbonyl (C=O) groups excluding carboxylic acids is 2. The quantitative estimate of drug-likeness (QED) is 0.283. The summed E-state index contributed by atoms with van der Waals surface area (Å²) < 4.78 is 6.01. The van der Waals surface area contributed by atoms with Crippen LogP contribution in [0.5, 0.6) is 5.75 Å². The molecule has 31 heavy (non-hydrogen) atoms. The van der Waals surface area contributed by atoms with Crippen LogP contribution < -0.4 is 9.64 Å². The van der Waals surface area contributed by atoms with Crippen LogP contribution in [0.4, 0.5) is 5.69 Å². The minimum atomic E-state index is -0.795. The summed E-state index contributed by atoms with van der Waals surface area (Å²) >= 11 is 9.62. The maximum atomic E-state index is 13.1. The molecule has 0 saturated carbocycles. The molecule has 5 nitrogen and oxygen atoms in total. The van der Waals surface area contributed by atoms with E-state index in [0.717, 1.165) is 4.47 Å². The molecule has 1 atom stereocenters. The average molecular weight is 499 g/mol. The highest BCUT2D eigenvalue weighted by atomic mass is 79.9. The van der Waals surface area contributed by atoms with Crippen LogP contribution in [-0.4, -0.2) is 23.9 Å². The third-order valence-corrected chi connectivity index (χ3v) is 5.91. The molecule has 1 aliphatic heterocycles. The second-order valence-corrected chi connectivity index (χ2v) is 8.23. The highest BCUT2D eigenvalue weighted by Gasteiger charge is 2.46. The van der Waals surface area contributed by atoms with Gasteiger partial charge in [0, 0.05) is 15.7 Å². The highest BCUT2D eigenvalue weighted by Crippen LogP contribution is 2.42. The van der Waals surface area contributed by atoms with Crippen LogP contribution in [0.3, 0.4) is 0 Å². The highest BCUT2D eigenvalue weighted by molar-refractivity contribution is 9.10. The lowest BCUT2D eigenvalue weighted by Crippen LogP contribution is -2.29. The molecule has 0 aliphatic carbocycles. The molecule has 3 aromatic rings. The number of ketones is 1. The topological polar surface area (TPSA) is 66.8 Å². The largest absolute Gasteiger partial charge is 0.507 e. The molecule has 0 radical (unpaired) electrons. The van der Waals surface area contributed by atoms with E-state index in [0.29, 0.717) is 22.6 Å². The second-order valence-electron chi connectivity index (χ2n) is 6.91. The van der Waals surface area contributed by atoms with Crippen molar-refractivity contribution in [2.75, 3.05) is 12.0 Å². The lowest BCUT2D eigenvalue weighted by atomic mass is 9.95. The van der Waals surface area contributed by atoms with Crippen molar-refractivity contribution in [3.63, 3.8) is 0 Å². The number of amides is 1. The number of benzene rings is 3. The number of Topliss-reactive ketones (excluding diaryl/α,β-unsaturated/α-hetero) is 1. The minimum absolute atomic E-state index is 0.00240. The summed E-state index contributed by atoms with van der Waals surface area (Å²) in [6.07, 6.45) is 0. The molecule has 1 unspecified atom stereocenters. The maximum absolute atomic E-state index is 13.1. The fourth-order valence-corrected chi connectivity index (χ4v) is 4.14. The van der Waals surface area contributed by atoms with Crippen LogP contribution in [0.25, 0.3) is 5.76 Å². The molecule has 1 heterocycles. The van der Waals surface area contributed by atoms with Crippen LogP contribution in [0.2, 0.25) is 5.02 Å². The SMILES string of the molecule is COc1ccc(/C(O)=C2/C(=O)C(=O)N(c3ccccc3)C2c2ccc(Br)cc2)cc1Cl. The van der Waals surface area contributed by atoms with E-state index in [-0.39, 0.29) is 16.4 Å². The predicted octanol–water partition coefficient (Wildman–Crippen LogP) is 5.74. The first-order chi connectivity index (χ1) is 14.9. The third kappa shape index (κ3) is 3.84. The number of aliphatic hydroxyl groups excluding tert-OH is 1. The number of carbonyl (C=O) groups is 2. The number of anilines is 1. The Hall–Kier alpha value is -3.09. The van der Waals surface area contributed by atoms with Crippen molar-refractivity contribution < 1.29 is 19.4 Å². The van der Waals surface area contributed by atoms with Gasteiger partial charge in [0.15, 0.2) is 0 Å². The van der Waals surface area contributed by atoms with E-state index >= 15 is 0 Å². The van der Waals surface area contributed by atoms with Crippen molar-refractivity contribution in [3.05, 3.63) is 99.0 Å². The van der Waals surface area contributed by atoms with Crippen molar-refractivity contribution in [2.24, 2.45) is 0 Å². The monoisotopic (exact) mass is 497 g/mol. The Balaban J connectivity index is 1.93. The molecule has 0 aromatic heterocycles. The molecule has 0 spiro atoms. The summed E-state index contributed by atoms with van der Waals surface area (Å²) in [6, 6.07) is 20.1. The van der Waals surface area contributed by atoms with E-state index < -0.39 is 17.7 Å². The van der Waals surface area contributed by atoms with Crippen LogP contribution in [0.1, 0.15) is 17.2 Å². The molecule has 4 rings (SSSR count). The number of hydrogen-bond donors (Lipinski definition) is 1. The van der Waals surface area contributed by atoms with Crippen LogP contribution >= 0.6 is 27.5 Å². The second kappa shape index (κ2) is 8.57. The minimum Gasteiger partial charge on any atom is -0.507 e. The number of ether oxygens (including phenoxy) is 1. The Kier molecular flexibility index (Phi) is 5.85. The number of nitrogens with zero attached hydrogens (tertiary/aromatic N) is 1. The lowest BCUT2D eigenvalue weighted by Gasteiger charge is -2.25. The zero-order valence-electron chi connectivity index (χ0n) is 16.4. The smallest absolute Gasteiger partial charge is 0.300 e. The molecule has 0 bridgehead atoms. The van der Waals surface area contributed by atoms with Crippen molar-refractivity contribution >= 4 is 50.7 Å². The van der Waals surface area contributed by atoms with E-state index in [1.54, 1.807) is 36.4 Å². The van der Waals surface area contributed by atoms with Gasteiger partial charge in [-0.1, -0.05) is 57.9 Å². The molecular weight excluding hydrogens is 482 g/mol. The maximum Gasteiger partial charge on any atom is 0.300 e. The molecule has 3 aromatic carbocycles. The number of methoxy groups -OCH3 is 1. The Morgan fingerprint density at radius 1 is 1.03 bits per heavy atom. The van der Waals surface area contributed by atoms with Crippen molar-refractivity contribution in [1.29, 1.82) is 0 Å². The molecule has 156 valence electrons. The van der Waals surface area contributed by atoms with Gasteiger partial charge in [-0.3, -0.25) is 14.5 Å². The summed E-state index contributed by atoms with van der Waals surface area (Å²) in [4.78, 5) is 27.5. The van der Waals surface area contributed by atoms with E-state index in [2.05, 4.69) is 15.9 Å². The number of aliphatic hydroxyl groups is 1. The zero-order chi connectivity index (χ0) is 22.1. The summed E-state index contributed by atoms with van der Waals surface area (Å²) in [5, 5.41) is 11.4. The first kappa shape index (κ1) is 21.2. The Bertz CT molecular complexity index is 1190. The third-order valence-electron chi connectivity index (χ3n) is 5.09. The summed E-state index contributed by atoms with van der Waals surface area (Å²) in [5.74, 6) is -1.33. The first-order valence-electron chi connectivity index (χ1n) is 9.38. The zero-order valence-corrected chi connectivity index (χ0v) is 18.7. The Morgan fingerprint density at radius 3 is 2.32 bits per heavy atom. The number of hydrogen-bond acceptors (Lipinski definition) is 4. The van der Waals surface area contributed by atoms with Gasteiger partial charge in [0.25, 0.3) is 11.7 Å². The first-order valence-corrected chi connectivity index (χ1v) is 10.5. The van der Waals surface area contributed by atoms with E-state index in [1.165, 1.54) is 18.1 Å². The molecule has 1 amide bonds. The average Bonchev–Trinajstić information content (AvgIpc) is 3.05. The van der Waals surface area contributed by atoms with Gasteiger partial charge in [0.1, 0.15) is 11.5 Å². The molecule has 1 N–H and O–H groups in total. The summed E-state index contributed by atoms with van der Waals surface area (Å²) in [6.45, 7) is 0. The van der Waals surface area contributed by atoms with E-state index in [4.69, 9.17) is 16.3 Å².